The smallest absolute Gasteiger partial charge is 0.305 e. The minimum absolute atomic E-state index is 0.197. The number of nitrogens with zero attached hydrogens (tertiary/aromatic N) is 5. The van der Waals surface area contributed by atoms with Gasteiger partial charge in [0.05, 0.1) is 12.7 Å². The molecule has 10 heteroatoms. The minimum atomic E-state index is -0.284. The number of amides is 1. The van der Waals surface area contributed by atoms with E-state index in [0.717, 1.165) is 27.9 Å². The number of anilines is 1. The highest BCUT2D eigenvalue weighted by Gasteiger charge is 2.19. The molecule has 218 valence electrons. The molecular weight excluding hydrogens is 554 g/mol. The van der Waals surface area contributed by atoms with Gasteiger partial charge in [0.1, 0.15) is 11.3 Å². The van der Waals surface area contributed by atoms with Crippen molar-refractivity contribution in [3.8, 4) is 28.2 Å². The van der Waals surface area contributed by atoms with Crippen molar-refractivity contribution in [1.29, 1.82) is 0 Å². The summed E-state index contributed by atoms with van der Waals surface area (Å²) in [6.45, 7) is 0.339. The molecule has 0 unspecified atom stereocenters. The fourth-order valence-electron chi connectivity index (χ4n) is 4.95. The van der Waals surface area contributed by atoms with Crippen molar-refractivity contribution in [1.82, 2.24) is 29.8 Å². The van der Waals surface area contributed by atoms with Gasteiger partial charge in [0.25, 0.3) is 5.91 Å². The Balaban J connectivity index is 1.25. The fourth-order valence-corrected chi connectivity index (χ4v) is 4.95. The topological polar surface area (TPSA) is 138 Å². The number of imidazole rings is 1. The number of pyridine rings is 3. The number of nitrogens with one attached hydrogen (secondary N) is 1. The molecule has 2 aromatic carbocycles. The molecule has 44 heavy (non-hydrogen) atoms. The van der Waals surface area contributed by atoms with Crippen molar-refractivity contribution in [2.24, 2.45) is 0 Å². The van der Waals surface area contributed by atoms with Gasteiger partial charge in [0.2, 0.25) is 0 Å². The van der Waals surface area contributed by atoms with Gasteiger partial charge in [-0.05, 0) is 66.1 Å². The second kappa shape index (κ2) is 12.5. The highest BCUT2D eigenvalue weighted by atomic mass is 16.5. The lowest BCUT2D eigenvalue weighted by molar-refractivity contribution is -0.140. The molecule has 0 saturated heterocycles. The standard InChI is InChI=1S/C34H29N7O3/c1-44-30(42)14-11-22-5-2-6-24(17-22)34(43)39-19-23-9-12-27(13-10-23)41-32(28-8-4-16-37-31(28)35)40-29-18-26(21-38-33(29)41)25-7-3-15-36-20-25/h2-10,12-13,15-18,20-21H,11,14,19H2,1H3,(H2,35,37)(H,39,43). The minimum Gasteiger partial charge on any atom is -0.469 e. The van der Waals surface area contributed by atoms with Gasteiger partial charge in [-0.25, -0.2) is 15.0 Å². The van der Waals surface area contributed by atoms with Gasteiger partial charge in [-0.15, -0.1) is 0 Å². The summed E-state index contributed by atoms with van der Waals surface area (Å²) in [7, 11) is 1.36. The first kappa shape index (κ1) is 28.2. The van der Waals surface area contributed by atoms with Crippen LogP contribution in [0.4, 0.5) is 5.82 Å². The van der Waals surface area contributed by atoms with Crippen molar-refractivity contribution in [2.45, 2.75) is 19.4 Å². The Morgan fingerprint density at radius 2 is 1.73 bits per heavy atom. The molecule has 0 radical (unpaired) electrons. The zero-order valence-electron chi connectivity index (χ0n) is 24.0. The molecule has 0 aliphatic heterocycles. The number of aromatic nitrogens is 5. The molecule has 3 N–H and O–H groups in total. The van der Waals surface area contributed by atoms with E-state index in [1.807, 2.05) is 77.5 Å². The second-order valence-electron chi connectivity index (χ2n) is 10.1. The van der Waals surface area contributed by atoms with Crippen molar-refractivity contribution in [2.75, 3.05) is 12.8 Å². The number of nitrogen functional groups attached to an aromatic ring is 1. The summed E-state index contributed by atoms with van der Waals surface area (Å²) in [6.07, 6.45) is 7.74. The van der Waals surface area contributed by atoms with E-state index in [4.69, 9.17) is 20.4 Å². The largest absolute Gasteiger partial charge is 0.469 e. The Hall–Kier alpha value is -5.90. The fraction of sp³-hybridized carbons (Fsp3) is 0.118. The monoisotopic (exact) mass is 583 g/mol. The second-order valence-corrected chi connectivity index (χ2v) is 10.1. The van der Waals surface area contributed by atoms with Crippen LogP contribution in [0, 0.1) is 0 Å². The highest BCUT2D eigenvalue weighted by molar-refractivity contribution is 5.94. The Kier molecular flexibility index (Phi) is 8.04. The van der Waals surface area contributed by atoms with E-state index in [1.165, 1.54) is 7.11 Å². The third-order valence-electron chi connectivity index (χ3n) is 7.25. The number of carbonyl (C=O) groups excluding carboxylic acids is 2. The molecule has 4 heterocycles. The van der Waals surface area contributed by atoms with E-state index in [-0.39, 0.29) is 18.3 Å². The first-order valence-corrected chi connectivity index (χ1v) is 14.0. The van der Waals surface area contributed by atoms with E-state index in [0.29, 0.717) is 46.9 Å². The summed E-state index contributed by atoms with van der Waals surface area (Å²) in [5.41, 5.74) is 13.4. The summed E-state index contributed by atoms with van der Waals surface area (Å²) in [5, 5.41) is 2.98. The van der Waals surface area contributed by atoms with Gasteiger partial charge >= 0.3 is 5.97 Å². The Labute approximate surface area is 253 Å². The molecule has 10 nitrogen and oxygen atoms in total. The van der Waals surface area contributed by atoms with Crippen LogP contribution in [0.3, 0.4) is 0 Å². The molecule has 0 saturated carbocycles. The van der Waals surface area contributed by atoms with Gasteiger partial charge in [-0.3, -0.25) is 19.1 Å². The number of hydrogen-bond donors (Lipinski definition) is 2. The van der Waals surface area contributed by atoms with Gasteiger partial charge in [0.15, 0.2) is 11.5 Å². The average Bonchev–Trinajstić information content (AvgIpc) is 3.45. The maximum Gasteiger partial charge on any atom is 0.305 e. The first-order chi connectivity index (χ1) is 21.5. The van der Waals surface area contributed by atoms with E-state index in [9.17, 15) is 9.59 Å². The molecule has 6 rings (SSSR count). The summed E-state index contributed by atoms with van der Waals surface area (Å²) in [4.78, 5) is 42.6. The number of rotatable bonds is 9. The third-order valence-corrected chi connectivity index (χ3v) is 7.25. The summed E-state index contributed by atoms with van der Waals surface area (Å²) >= 11 is 0. The molecule has 0 fully saturated rings. The van der Waals surface area contributed by atoms with E-state index >= 15 is 0 Å². The van der Waals surface area contributed by atoms with Crippen LogP contribution in [-0.2, 0) is 22.5 Å². The van der Waals surface area contributed by atoms with Crippen molar-refractivity contribution < 1.29 is 14.3 Å². The Morgan fingerprint density at radius 1 is 0.886 bits per heavy atom. The van der Waals surface area contributed by atoms with Crippen LogP contribution in [0.1, 0.15) is 27.9 Å². The molecule has 4 aromatic heterocycles. The van der Waals surface area contributed by atoms with Crippen LogP contribution in [0.5, 0.6) is 0 Å². The molecule has 0 aliphatic carbocycles. The number of aryl methyl sites for hydroxylation is 1. The molecule has 0 spiro atoms. The zero-order chi connectivity index (χ0) is 30.5. The number of nitrogens with two attached hydrogens (primary N) is 1. The van der Waals surface area contributed by atoms with Gasteiger partial charge < -0.3 is 15.8 Å². The molecule has 0 aliphatic rings. The van der Waals surface area contributed by atoms with Gasteiger partial charge in [0, 0.05) is 60.1 Å². The number of fused-ring (bicyclic) bond motifs is 1. The van der Waals surface area contributed by atoms with Gasteiger partial charge in [-0.2, -0.15) is 0 Å². The molecule has 0 bridgehead atoms. The van der Waals surface area contributed by atoms with Crippen LogP contribution >= 0.6 is 0 Å². The number of methoxy groups -OCH3 is 1. The number of ether oxygens (including phenoxy) is 1. The number of esters is 1. The summed E-state index contributed by atoms with van der Waals surface area (Å²) in [6, 6.07) is 24.6. The van der Waals surface area contributed by atoms with Crippen LogP contribution in [-0.4, -0.2) is 43.5 Å². The van der Waals surface area contributed by atoms with Crippen LogP contribution in [0.15, 0.2) is 104 Å². The average molecular weight is 584 g/mol. The normalized spacial score (nSPS) is 10.9. The van der Waals surface area contributed by atoms with Gasteiger partial charge in [-0.1, -0.05) is 30.3 Å². The predicted octanol–water partition coefficient (Wildman–Crippen LogP) is 5.16. The molecule has 6 aromatic rings. The maximum absolute atomic E-state index is 12.9. The SMILES string of the molecule is COC(=O)CCc1cccc(C(=O)NCc2ccc(-n3c(-c4cccnc4N)nc4cc(-c5cccnc5)cnc43)cc2)c1. The predicted molar refractivity (Wildman–Crippen MR) is 168 cm³/mol. The number of carbonyl (C=O) groups is 2. The lowest BCUT2D eigenvalue weighted by Gasteiger charge is -2.12. The first-order valence-electron chi connectivity index (χ1n) is 14.0. The molecule has 0 atom stereocenters. The summed E-state index contributed by atoms with van der Waals surface area (Å²) in [5.74, 6) is 0.505. The maximum atomic E-state index is 12.9. The van der Waals surface area contributed by atoms with Crippen LogP contribution < -0.4 is 11.1 Å². The molecular formula is C34H29N7O3. The molecule has 1 amide bonds. The summed E-state index contributed by atoms with van der Waals surface area (Å²) < 4.78 is 6.66. The van der Waals surface area contributed by atoms with E-state index < -0.39 is 0 Å². The lowest BCUT2D eigenvalue weighted by atomic mass is 10.1. The third kappa shape index (κ3) is 6.00. The lowest BCUT2D eigenvalue weighted by Crippen LogP contribution is -2.22. The highest BCUT2D eigenvalue weighted by Crippen LogP contribution is 2.32. The van der Waals surface area contributed by atoms with E-state index in [2.05, 4.69) is 15.3 Å². The van der Waals surface area contributed by atoms with Crippen molar-refractivity contribution in [3.63, 3.8) is 0 Å². The van der Waals surface area contributed by atoms with E-state index in [1.54, 1.807) is 30.7 Å². The van der Waals surface area contributed by atoms with Crippen LogP contribution in [0.25, 0.3) is 39.4 Å². The zero-order valence-corrected chi connectivity index (χ0v) is 24.0. The quantitative estimate of drug-likeness (QED) is 0.223. The number of hydrogen-bond acceptors (Lipinski definition) is 8. The Morgan fingerprint density at radius 3 is 2.50 bits per heavy atom. The van der Waals surface area contributed by atoms with Crippen LogP contribution in [0.2, 0.25) is 0 Å². The number of benzene rings is 2. The van der Waals surface area contributed by atoms with Crippen molar-refractivity contribution in [3.05, 3.63) is 120 Å². The Bertz CT molecular complexity index is 1950. The van der Waals surface area contributed by atoms with Crippen molar-refractivity contribution >= 4 is 28.9 Å².